The number of hydrogen-bond acceptors (Lipinski definition) is 4. The zero-order valence-electron chi connectivity index (χ0n) is 23.2. The highest BCUT2D eigenvalue weighted by atomic mass is 33.5. The van der Waals surface area contributed by atoms with E-state index in [9.17, 15) is 4.79 Å². The Hall–Kier alpha value is 7.01. The maximum Gasteiger partial charge on any atom is 0.335 e. The molecule has 0 saturated heterocycles. The fourth-order valence-corrected chi connectivity index (χ4v) is 95.1. The average molecular weight is 1400 g/mol. The van der Waals surface area contributed by atoms with Gasteiger partial charge in [-0.3, -0.25) is 0 Å². The maximum absolute atomic E-state index is 10.6. The minimum atomic E-state index is -0.935. The zero-order valence-corrected chi connectivity index (χ0v) is 54.2. The molecule has 0 saturated carbocycles. The van der Waals surface area contributed by atoms with Crippen molar-refractivity contribution in [1.29, 1.82) is 0 Å². The Bertz CT molecular complexity index is 2880. The zero-order chi connectivity index (χ0) is 37.5. The molecule has 1 rings (SSSR count). The van der Waals surface area contributed by atoms with E-state index in [0.29, 0.717) is 0 Å². The highest BCUT2D eigenvalue weighted by molar-refractivity contribution is 8.81. The predicted octanol–water partition coefficient (Wildman–Crippen LogP) is 1.40. The summed E-state index contributed by atoms with van der Waals surface area (Å²) in [5, 5.41) is 17.7. The van der Waals surface area contributed by atoms with Gasteiger partial charge in [0.05, 0.1) is 12.2 Å². The summed E-state index contributed by atoms with van der Waals surface area (Å²) in [5.41, 5.74) is 2.72. The van der Waals surface area contributed by atoms with Crippen LogP contribution in [0.25, 0.3) is 0 Å². The average Bonchev–Trinajstić information content (AvgIpc) is 3.12. The van der Waals surface area contributed by atoms with Crippen molar-refractivity contribution < 1.29 is 15.0 Å². The van der Waals surface area contributed by atoms with Gasteiger partial charge in [0.15, 0.2) is 0 Å². The Morgan fingerprint density at radius 2 is 0.608 bits per heavy atom. The Morgan fingerprint density at radius 1 is 0.431 bits per heavy atom. The molecule has 2 N–H and O–H groups in total. The van der Waals surface area contributed by atoms with Gasteiger partial charge in [0.1, 0.15) is 0 Å². The number of carbonyl (C=O) groups is 1. The van der Waals surface area contributed by atoms with Crippen LogP contribution in [0, 0.1) is 13.8 Å². The monoisotopic (exact) mass is 1400 g/mol. The molecule has 0 atom stereocenters. The first-order chi connectivity index (χ1) is 25.0. The van der Waals surface area contributed by atoms with E-state index in [1.807, 2.05) is 195 Å². The summed E-state index contributed by atoms with van der Waals surface area (Å²) in [6.45, 7) is 3.55. The van der Waals surface area contributed by atoms with Gasteiger partial charge in [-0.1, -0.05) is 0 Å². The third kappa shape index (κ3) is 42.1. The number of rotatable bonds is 2. The minimum Gasteiger partial charge on any atom is -0.478 e. The fraction of sp³-hybridized carbons (Fsp3) is 0.300. The van der Waals surface area contributed by atoms with Crippen LogP contribution in [-0.2, 0) is 349 Å². The van der Waals surface area contributed by atoms with E-state index in [1.165, 1.54) is 17.8 Å². The smallest absolute Gasteiger partial charge is 0.335 e. The van der Waals surface area contributed by atoms with Crippen LogP contribution in [0.3, 0.4) is 0 Å². The van der Waals surface area contributed by atoms with Crippen molar-refractivity contribution in [2.24, 2.45) is 0 Å². The molecular formula is C10H12O3S38. The van der Waals surface area contributed by atoms with Gasteiger partial charge in [-0.15, -0.1) is 0 Å². The summed E-state index contributed by atoms with van der Waals surface area (Å²) in [5.74, 6) is -0.935. The molecule has 0 aliphatic heterocycles. The van der Waals surface area contributed by atoms with Crippen molar-refractivity contribution in [2.75, 3.05) is 0 Å². The van der Waals surface area contributed by atoms with Gasteiger partial charge in [-0.25, -0.2) is 4.79 Å². The number of hydrogen-bond donors (Lipinski definition) is 2. The molecule has 0 spiro atoms. The Labute approximate surface area is 407 Å². The molecule has 0 radical (unpaired) electrons. The molecule has 0 aliphatic rings. The molecule has 0 fully saturated rings. The predicted molar refractivity (Wildman–Crippen MR) is 329 cm³/mol. The quantitative estimate of drug-likeness (QED) is 0.470. The first kappa shape index (κ1) is 58.0. The lowest BCUT2D eigenvalue weighted by atomic mass is 10.00. The van der Waals surface area contributed by atoms with Crippen molar-refractivity contribution in [2.45, 2.75) is 20.5 Å². The fourth-order valence-electron chi connectivity index (χ4n) is 1.75. The van der Waals surface area contributed by atoms with Gasteiger partial charge in [0, 0.05) is 342 Å². The van der Waals surface area contributed by atoms with E-state index in [2.05, 4.69) is 0 Å². The van der Waals surface area contributed by atoms with Gasteiger partial charge >= 0.3 is 5.97 Å². The normalized spacial score (nSPS) is 8.29. The minimum absolute atomic E-state index is 0.0441. The molecule has 0 aliphatic carbocycles. The van der Waals surface area contributed by atoms with Crippen LogP contribution in [-0.4, -0.2) is 16.2 Å². The summed E-state index contributed by atoms with van der Waals surface area (Å²) in [6.07, 6.45) is 0. The number of aliphatic hydroxyl groups is 1. The Balaban J connectivity index is 0.00000159. The molecular weight excluding hydrogens is 1390 g/mol. The van der Waals surface area contributed by atoms with Gasteiger partial charge in [-0.2, -0.15) is 0 Å². The van der Waals surface area contributed by atoms with Crippen LogP contribution in [0.2, 0.25) is 0 Å². The van der Waals surface area contributed by atoms with Gasteiger partial charge in [0.2, 0.25) is 0 Å². The maximum atomic E-state index is 10.6. The first-order valence-electron chi connectivity index (χ1n) is 10.2. The van der Waals surface area contributed by atoms with E-state index < -0.39 is 5.97 Å². The lowest BCUT2D eigenvalue weighted by molar-refractivity contribution is 0.0696. The van der Waals surface area contributed by atoms with Crippen molar-refractivity contribution in [3.8, 4) is 0 Å². The number of benzene rings is 1. The molecule has 298 valence electrons. The van der Waals surface area contributed by atoms with E-state index in [-0.39, 0.29) is 12.2 Å². The van der Waals surface area contributed by atoms with Crippen LogP contribution in [0.1, 0.15) is 27.0 Å². The lowest BCUT2D eigenvalue weighted by Crippen LogP contribution is -2.01. The number of aliphatic hydroxyl groups excluding tert-OH is 1. The molecule has 1 aromatic carbocycles. The summed E-state index contributed by atoms with van der Waals surface area (Å²) in [4.78, 5) is 10.6. The standard InChI is InChI=1S/C10H12O3.S38/c1-6-3-8(10(12)13)4-7(2)9(6)5-11;1-3-5-7-9-11-13-15-17-19-21-23-25-27-29-31-33-35-37-38-36-34-32-30-28-26-24-22-20-18-16-14-12-10-8-6-4-2/h3-4,11H,5H2,1-2H3,(H,12,13);. The molecule has 0 heterocycles. The molecule has 0 aromatic heterocycles. The second-order valence-electron chi connectivity index (χ2n) is 5.50. The summed E-state index contributed by atoms with van der Waals surface area (Å²) in [7, 11) is 63.7. The second kappa shape index (κ2) is 48.0. The van der Waals surface area contributed by atoms with Crippen molar-refractivity contribution in [3.63, 3.8) is 0 Å². The third-order valence-electron chi connectivity index (χ3n) is 3.07. The Morgan fingerprint density at radius 3 is 0.745 bits per heavy atom. The molecule has 0 unspecified atom stereocenters. The van der Waals surface area contributed by atoms with Crippen molar-refractivity contribution in [3.05, 3.63) is 34.4 Å². The van der Waals surface area contributed by atoms with Crippen LogP contribution < -0.4 is 0 Å². The number of aromatic carboxylic acids is 1. The SMILES string of the molecule is Cc1cc(C(=O)O)cc(C)c1CO.S=S=S=S=S=S=S=S=S=S=S=S=S=S=S=S=S=S=S=S=S=S=S=S=S=S=S=S=S=S=S=S=S=S=S=S=S=S. The van der Waals surface area contributed by atoms with Crippen molar-refractivity contribution >= 4 is 348 Å². The largest absolute Gasteiger partial charge is 0.478 e. The van der Waals surface area contributed by atoms with E-state index in [0.717, 1.165) is 16.7 Å². The molecule has 41 heteroatoms. The number of aryl methyl sites for hydroxylation is 2. The van der Waals surface area contributed by atoms with Crippen LogP contribution in [0.15, 0.2) is 12.1 Å². The summed E-state index contributed by atoms with van der Waals surface area (Å²) in [6, 6.07) is 3.14. The summed E-state index contributed by atoms with van der Waals surface area (Å²) >= 11 is 9.60. The molecule has 3 nitrogen and oxygen atoms in total. The molecule has 0 amide bonds. The van der Waals surface area contributed by atoms with Crippen LogP contribution in [0.5, 0.6) is 0 Å². The van der Waals surface area contributed by atoms with E-state index in [4.69, 9.17) is 32.6 Å². The highest BCUT2D eigenvalue weighted by Crippen LogP contribution is 2.16. The topological polar surface area (TPSA) is 57.5 Å². The highest BCUT2D eigenvalue weighted by Gasteiger charge is 2.08. The lowest BCUT2D eigenvalue weighted by Gasteiger charge is -2.07. The van der Waals surface area contributed by atoms with Gasteiger partial charge in [0.25, 0.3) is 0 Å². The molecule has 51 heavy (non-hydrogen) atoms. The van der Waals surface area contributed by atoms with E-state index >= 15 is 0 Å². The number of carboxylic acid groups (broad SMARTS) is 1. The third-order valence-corrected chi connectivity index (χ3v) is 80.9. The van der Waals surface area contributed by atoms with Crippen LogP contribution >= 0.6 is 0 Å². The molecule has 1 aromatic rings. The number of carboxylic acids is 1. The van der Waals surface area contributed by atoms with Gasteiger partial charge < -0.3 is 10.2 Å². The van der Waals surface area contributed by atoms with Gasteiger partial charge in [-0.05, 0) is 42.7 Å². The second-order valence-corrected chi connectivity index (χ2v) is 69.2. The first-order valence-corrected chi connectivity index (χ1v) is 59.5. The Kier molecular flexibility index (Phi) is 54.7. The van der Waals surface area contributed by atoms with Crippen molar-refractivity contribution in [1.82, 2.24) is 0 Å². The molecule has 0 bridgehead atoms. The van der Waals surface area contributed by atoms with E-state index in [1.54, 1.807) is 133 Å². The summed E-state index contributed by atoms with van der Waals surface area (Å²) < 4.78 is 0. The van der Waals surface area contributed by atoms with Crippen LogP contribution in [0.4, 0.5) is 0 Å².